The summed E-state index contributed by atoms with van der Waals surface area (Å²) in [6.45, 7) is 11.0. The molecule has 2 N–H and O–H groups in total. The first-order valence-electron chi connectivity index (χ1n) is 10.8. The summed E-state index contributed by atoms with van der Waals surface area (Å²) in [5, 5.41) is 4.91. The molecule has 33 heavy (non-hydrogen) atoms. The minimum atomic E-state index is -4.63. The van der Waals surface area contributed by atoms with Gasteiger partial charge in [0, 0.05) is 18.5 Å². The molecule has 3 amide bonds. The first kappa shape index (κ1) is 26.5. The van der Waals surface area contributed by atoms with Crippen molar-refractivity contribution in [1.29, 1.82) is 0 Å². The molecule has 7 nitrogen and oxygen atoms in total. The minimum Gasteiger partial charge on any atom is -0.444 e. The normalized spacial score (nSPS) is 17.4. The van der Waals surface area contributed by atoms with Crippen LogP contribution in [0.15, 0.2) is 18.2 Å². The van der Waals surface area contributed by atoms with E-state index in [1.807, 2.05) is 0 Å². The molecule has 10 heteroatoms. The number of carbonyl (C=O) groups excluding carboxylic acids is 3. The summed E-state index contributed by atoms with van der Waals surface area (Å²) in [4.78, 5) is 39.3. The minimum absolute atomic E-state index is 0.0240. The van der Waals surface area contributed by atoms with Gasteiger partial charge in [0.05, 0.1) is 22.9 Å². The molecule has 1 aliphatic rings. The summed E-state index contributed by atoms with van der Waals surface area (Å²) in [5.41, 5.74) is -2.61. The maximum atomic E-state index is 13.3. The van der Waals surface area contributed by atoms with Gasteiger partial charge in [0.2, 0.25) is 11.8 Å². The smallest absolute Gasteiger partial charge is 0.416 e. The Labute approximate surface area is 192 Å². The molecule has 0 aliphatic carbocycles. The maximum Gasteiger partial charge on any atom is 0.416 e. The van der Waals surface area contributed by atoms with Crippen molar-refractivity contribution in [3.63, 3.8) is 0 Å². The van der Waals surface area contributed by atoms with Crippen LogP contribution in [0.2, 0.25) is 0 Å². The third kappa shape index (κ3) is 7.64. The van der Waals surface area contributed by atoms with Gasteiger partial charge >= 0.3 is 12.3 Å². The second-order valence-corrected chi connectivity index (χ2v) is 10.2. The highest BCUT2D eigenvalue weighted by atomic mass is 19.4. The highest BCUT2D eigenvalue weighted by Gasteiger charge is 2.35. The van der Waals surface area contributed by atoms with E-state index in [2.05, 4.69) is 10.6 Å². The van der Waals surface area contributed by atoms with E-state index in [9.17, 15) is 27.6 Å². The Balaban J connectivity index is 2.25. The van der Waals surface area contributed by atoms with Crippen LogP contribution in [-0.4, -0.2) is 41.5 Å². The molecule has 1 unspecified atom stereocenters. The van der Waals surface area contributed by atoms with Gasteiger partial charge in [0.25, 0.3) is 0 Å². The van der Waals surface area contributed by atoms with Crippen molar-refractivity contribution in [2.24, 2.45) is 11.3 Å². The predicted octanol–water partition coefficient (Wildman–Crippen LogP) is 5.28. The van der Waals surface area contributed by atoms with Crippen LogP contribution >= 0.6 is 0 Å². The predicted molar refractivity (Wildman–Crippen MR) is 119 cm³/mol. The number of likely N-dealkylation sites (tertiary alicyclic amines) is 1. The van der Waals surface area contributed by atoms with Crippen molar-refractivity contribution in [3.8, 4) is 0 Å². The van der Waals surface area contributed by atoms with Crippen molar-refractivity contribution in [2.45, 2.75) is 66.2 Å². The fraction of sp³-hybridized carbons (Fsp3) is 0.609. The number of nitrogens with one attached hydrogen (secondary N) is 2. The SMILES string of the molecule is CC(C)(C)OC(=O)Nc1ccc(C(F)(F)F)cc1NC(=O)C1CCCN(C(=O)C(C)(C)C)C1. The largest absolute Gasteiger partial charge is 0.444 e. The molecule has 1 heterocycles. The Morgan fingerprint density at radius 1 is 1.00 bits per heavy atom. The molecule has 184 valence electrons. The molecule has 0 radical (unpaired) electrons. The van der Waals surface area contributed by atoms with Crippen molar-refractivity contribution in [1.82, 2.24) is 4.90 Å². The number of alkyl halides is 3. The Morgan fingerprint density at radius 2 is 1.64 bits per heavy atom. The number of ether oxygens (including phenoxy) is 1. The second-order valence-electron chi connectivity index (χ2n) is 10.2. The lowest BCUT2D eigenvalue weighted by Crippen LogP contribution is -2.47. The molecule has 0 saturated carbocycles. The zero-order valence-electron chi connectivity index (χ0n) is 19.9. The quantitative estimate of drug-likeness (QED) is 0.628. The van der Waals surface area contributed by atoms with Crippen LogP contribution in [0.3, 0.4) is 0 Å². The molecule has 1 aromatic carbocycles. The molecule has 1 aromatic rings. The molecule has 1 atom stereocenters. The highest BCUT2D eigenvalue weighted by Crippen LogP contribution is 2.35. The third-order valence-corrected chi connectivity index (χ3v) is 4.96. The van der Waals surface area contributed by atoms with Gasteiger partial charge in [-0.2, -0.15) is 13.2 Å². The lowest BCUT2D eigenvalue weighted by molar-refractivity contribution is -0.142. The summed E-state index contributed by atoms with van der Waals surface area (Å²) >= 11 is 0. The summed E-state index contributed by atoms with van der Waals surface area (Å²) in [6.07, 6.45) is -4.40. The highest BCUT2D eigenvalue weighted by molar-refractivity contribution is 5.99. The number of piperidine rings is 1. The Morgan fingerprint density at radius 3 is 2.18 bits per heavy atom. The number of nitrogens with zero attached hydrogens (tertiary/aromatic N) is 1. The van der Waals surface area contributed by atoms with Crippen molar-refractivity contribution >= 4 is 29.3 Å². The maximum absolute atomic E-state index is 13.3. The average Bonchev–Trinajstić information content (AvgIpc) is 2.65. The van der Waals surface area contributed by atoms with E-state index in [1.165, 1.54) is 0 Å². The van der Waals surface area contributed by atoms with E-state index < -0.39 is 40.7 Å². The third-order valence-electron chi connectivity index (χ3n) is 4.96. The van der Waals surface area contributed by atoms with Gasteiger partial charge in [0.15, 0.2) is 0 Å². The molecular weight excluding hydrogens is 439 g/mol. The van der Waals surface area contributed by atoms with Crippen LogP contribution in [0, 0.1) is 11.3 Å². The van der Waals surface area contributed by atoms with Gasteiger partial charge in [-0.25, -0.2) is 4.79 Å². The first-order valence-corrected chi connectivity index (χ1v) is 10.8. The number of hydrogen-bond donors (Lipinski definition) is 2. The molecule has 1 aliphatic heterocycles. The lowest BCUT2D eigenvalue weighted by Gasteiger charge is -2.36. The van der Waals surface area contributed by atoms with Gasteiger partial charge < -0.3 is 15.0 Å². The number of anilines is 2. The topological polar surface area (TPSA) is 87.7 Å². The van der Waals surface area contributed by atoms with Gasteiger partial charge in [0.1, 0.15) is 5.60 Å². The summed E-state index contributed by atoms with van der Waals surface area (Å²) in [5.74, 6) is -1.20. The van der Waals surface area contributed by atoms with Crippen molar-refractivity contribution in [3.05, 3.63) is 23.8 Å². The van der Waals surface area contributed by atoms with Crippen LogP contribution in [0.1, 0.15) is 59.9 Å². The molecule has 1 saturated heterocycles. The van der Waals surface area contributed by atoms with Gasteiger partial charge in [-0.1, -0.05) is 20.8 Å². The van der Waals surface area contributed by atoms with Gasteiger partial charge in [-0.05, 0) is 51.8 Å². The van der Waals surface area contributed by atoms with Crippen molar-refractivity contribution < 1.29 is 32.3 Å². The number of amides is 3. The standard InChI is InChI=1S/C23H32F3N3O4/c1-21(2,3)19(31)29-11-7-8-14(13-29)18(30)27-17-12-15(23(24,25)26)9-10-16(17)28-20(32)33-22(4,5)6/h9-10,12,14H,7-8,11,13H2,1-6H3,(H,27,30)(H,28,32). The first-order chi connectivity index (χ1) is 15.0. The van der Waals surface area contributed by atoms with Crippen LogP contribution < -0.4 is 10.6 Å². The van der Waals surface area contributed by atoms with Gasteiger partial charge in [-0.3, -0.25) is 14.9 Å². The summed E-state index contributed by atoms with van der Waals surface area (Å²) in [6, 6.07) is 2.65. The fourth-order valence-electron chi connectivity index (χ4n) is 3.43. The number of carbonyl (C=O) groups is 3. The van der Waals surface area contributed by atoms with E-state index >= 15 is 0 Å². The number of halogens is 3. The van der Waals surface area contributed by atoms with E-state index in [1.54, 1.807) is 46.4 Å². The lowest BCUT2D eigenvalue weighted by atomic mass is 9.91. The van der Waals surface area contributed by atoms with E-state index in [-0.39, 0.29) is 23.8 Å². The molecule has 0 spiro atoms. The van der Waals surface area contributed by atoms with E-state index in [0.717, 1.165) is 18.2 Å². The number of benzene rings is 1. The van der Waals surface area contributed by atoms with Gasteiger partial charge in [-0.15, -0.1) is 0 Å². The molecule has 2 rings (SSSR count). The Bertz CT molecular complexity index is 902. The molecule has 1 fully saturated rings. The van der Waals surface area contributed by atoms with E-state index in [4.69, 9.17) is 4.74 Å². The van der Waals surface area contributed by atoms with Crippen LogP contribution in [0.4, 0.5) is 29.3 Å². The molecule has 0 aromatic heterocycles. The fourth-order valence-corrected chi connectivity index (χ4v) is 3.43. The Kier molecular flexibility index (Phi) is 7.71. The van der Waals surface area contributed by atoms with E-state index in [0.29, 0.717) is 19.4 Å². The summed E-state index contributed by atoms with van der Waals surface area (Å²) < 4.78 is 44.9. The number of rotatable bonds is 3. The molecular formula is C23H32F3N3O4. The monoisotopic (exact) mass is 471 g/mol. The van der Waals surface area contributed by atoms with Crippen LogP contribution in [0.25, 0.3) is 0 Å². The van der Waals surface area contributed by atoms with Crippen LogP contribution in [-0.2, 0) is 20.5 Å². The van der Waals surface area contributed by atoms with Crippen molar-refractivity contribution in [2.75, 3.05) is 23.7 Å². The summed E-state index contributed by atoms with van der Waals surface area (Å²) in [7, 11) is 0. The zero-order chi connectivity index (χ0) is 25.2. The number of hydrogen-bond acceptors (Lipinski definition) is 4. The zero-order valence-corrected chi connectivity index (χ0v) is 19.9. The van der Waals surface area contributed by atoms with Crippen LogP contribution in [0.5, 0.6) is 0 Å². The Hall–Kier alpha value is -2.78. The molecule has 0 bridgehead atoms. The average molecular weight is 472 g/mol. The second kappa shape index (κ2) is 9.61.